The van der Waals surface area contributed by atoms with Crippen molar-refractivity contribution in [3.63, 3.8) is 0 Å². The van der Waals surface area contributed by atoms with Crippen molar-refractivity contribution in [1.29, 1.82) is 0 Å². The van der Waals surface area contributed by atoms with Crippen molar-refractivity contribution in [3.05, 3.63) is 53.6 Å². The molecule has 0 bridgehead atoms. The molecule has 0 aromatic heterocycles. The van der Waals surface area contributed by atoms with Crippen LogP contribution in [0.25, 0.3) is 0 Å². The molecular weight excluding hydrogens is 314 g/mol. The predicted molar refractivity (Wildman–Crippen MR) is 89.5 cm³/mol. The Balaban J connectivity index is 2.21. The third kappa shape index (κ3) is 4.03. The van der Waals surface area contributed by atoms with E-state index in [0.29, 0.717) is 5.75 Å². The zero-order valence-electron chi connectivity index (χ0n) is 13.7. The van der Waals surface area contributed by atoms with Crippen LogP contribution in [0.4, 0.5) is 0 Å². The first-order valence-corrected chi connectivity index (χ1v) is 8.66. The van der Waals surface area contributed by atoms with Crippen LogP contribution < -0.4 is 14.2 Å². The molecule has 23 heavy (non-hydrogen) atoms. The van der Waals surface area contributed by atoms with Gasteiger partial charge in [-0.25, -0.2) is 13.1 Å². The van der Waals surface area contributed by atoms with Crippen molar-refractivity contribution in [2.75, 3.05) is 14.2 Å². The smallest absolute Gasteiger partial charge is 0.241 e. The van der Waals surface area contributed by atoms with Crippen LogP contribution in [0, 0.1) is 6.92 Å². The molecule has 2 rings (SSSR count). The molecule has 0 spiro atoms. The SMILES string of the molecule is COc1ccc([C@@H](C)NS(=O)(=O)c2ccc(OC)c(C)c2)cc1. The number of ether oxygens (including phenoxy) is 2. The fraction of sp³-hybridized carbons (Fsp3) is 0.294. The molecule has 1 atom stereocenters. The van der Waals surface area contributed by atoms with E-state index < -0.39 is 10.0 Å². The summed E-state index contributed by atoms with van der Waals surface area (Å²) in [5.41, 5.74) is 1.63. The molecule has 2 aromatic carbocycles. The molecule has 0 aliphatic carbocycles. The summed E-state index contributed by atoms with van der Waals surface area (Å²) < 4.78 is 38.0. The first-order chi connectivity index (χ1) is 10.9. The molecule has 0 fully saturated rings. The number of benzene rings is 2. The Morgan fingerprint density at radius 2 is 1.65 bits per heavy atom. The molecule has 0 saturated carbocycles. The van der Waals surface area contributed by atoms with Crippen molar-refractivity contribution in [2.45, 2.75) is 24.8 Å². The quantitative estimate of drug-likeness (QED) is 0.881. The number of methoxy groups -OCH3 is 2. The van der Waals surface area contributed by atoms with E-state index in [1.807, 2.05) is 19.1 Å². The molecule has 0 aliphatic heterocycles. The van der Waals surface area contributed by atoms with E-state index in [1.54, 1.807) is 45.4 Å². The lowest BCUT2D eigenvalue weighted by atomic mass is 10.1. The second kappa shape index (κ2) is 7.02. The number of hydrogen-bond acceptors (Lipinski definition) is 4. The topological polar surface area (TPSA) is 64.6 Å². The van der Waals surface area contributed by atoms with Gasteiger partial charge in [0.25, 0.3) is 0 Å². The van der Waals surface area contributed by atoms with Crippen LogP contribution in [0.5, 0.6) is 11.5 Å². The molecule has 124 valence electrons. The summed E-state index contributed by atoms with van der Waals surface area (Å²) in [6, 6.07) is 11.7. The molecule has 5 nitrogen and oxygen atoms in total. The molecule has 0 heterocycles. The highest BCUT2D eigenvalue weighted by Gasteiger charge is 2.19. The summed E-state index contributed by atoms with van der Waals surface area (Å²) in [6.45, 7) is 3.61. The van der Waals surface area contributed by atoms with Gasteiger partial charge in [0.2, 0.25) is 10.0 Å². The van der Waals surface area contributed by atoms with E-state index in [1.165, 1.54) is 6.07 Å². The zero-order valence-corrected chi connectivity index (χ0v) is 14.5. The Hall–Kier alpha value is -2.05. The molecular formula is C17H21NO4S. The van der Waals surface area contributed by atoms with E-state index >= 15 is 0 Å². The van der Waals surface area contributed by atoms with Crippen LogP contribution in [0.15, 0.2) is 47.4 Å². The lowest BCUT2D eigenvalue weighted by Gasteiger charge is -2.16. The minimum atomic E-state index is -3.61. The molecule has 0 radical (unpaired) electrons. The summed E-state index contributed by atoms with van der Waals surface area (Å²) >= 11 is 0. The Bertz CT molecular complexity index is 770. The van der Waals surface area contributed by atoms with Gasteiger partial charge in [0.05, 0.1) is 19.1 Å². The summed E-state index contributed by atoms with van der Waals surface area (Å²) in [7, 11) is -0.461. The van der Waals surface area contributed by atoms with Crippen LogP contribution in [0.2, 0.25) is 0 Å². The molecule has 0 saturated heterocycles. The average Bonchev–Trinajstić information content (AvgIpc) is 2.54. The number of aryl methyl sites for hydroxylation is 1. The Morgan fingerprint density at radius 3 is 2.17 bits per heavy atom. The van der Waals surface area contributed by atoms with Gasteiger partial charge >= 0.3 is 0 Å². The standard InChI is InChI=1S/C17H21NO4S/c1-12-11-16(9-10-17(12)22-4)23(19,20)18-13(2)14-5-7-15(21-3)8-6-14/h5-11,13,18H,1-4H3/t13-/m1/s1. The fourth-order valence-corrected chi connectivity index (χ4v) is 3.60. The van der Waals surface area contributed by atoms with Crippen molar-refractivity contribution in [3.8, 4) is 11.5 Å². The van der Waals surface area contributed by atoms with E-state index in [9.17, 15) is 8.42 Å². The summed E-state index contributed by atoms with van der Waals surface area (Å²) in [5, 5.41) is 0. The van der Waals surface area contributed by atoms with Gasteiger partial charge in [-0.15, -0.1) is 0 Å². The highest BCUT2D eigenvalue weighted by molar-refractivity contribution is 7.89. The third-order valence-electron chi connectivity index (χ3n) is 3.62. The lowest BCUT2D eigenvalue weighted by Crippen LogP contribution is -2.27. The molecule has 0 unspecified atom stereocenters. The van der Waals surface area contributed by atoms with Crippen LogP contribution in [-0.2, 0) is 10.0 Å². The first kappa shape index (κ1) is 17.3. The first-order valence-electron chi connectivity index (χ1n) is 7.18. The number of hydrogen-bond donors (Lipinski definition) is 1. The van der Waals surface area contributed by atoms with Gasteiger partial charge in [0.1, 0.15) is 11.5 Å². The van der Waals surface area contributed by atoms with Gasteiger partial charge < -0.3 is 9.47 Å². The predicted octanol–water partition coefficient (Wildman–Crippen LogP) is 3.05. The van der Waals surface area contributed by atoms with Crippen molar-refractivity contribution < 1.29 is 17.9 Å². The highest BCUT2D eigenvalue weighted by atomic mass is 32.2. The largest absolute Gasteiger partial charge is 0.497 e. The molecule has 2 aromatic rings. The summed E-state index contributed by atoms with van der Waals surface area (Å²) in [6.07, 6.45) is 0. The Labute approximate surface area is 137 Å². The Kier molecular flexibility index (Phi) is 5.28. The molecule has 1 N–H and O–H groups in total. The van der Waals surface area contributed by atoms with Crippen LogP contribution in [-0.4, -0.2) is 22.6 Å². The monoisotopic (exact) mass is 335 g/mol. The van der Waals surface area contributed by atoms with Crippen LogP contribution in [0.1, 0.15) is 24.1 Å². The maximum absolute atomic E-state index is 12.5. The molecule has 0 amide bonds. The van der Waals surface area contributed by atoms with Gasteiger partial charge in [-0.1, -0.05) is 12.1 Å². The maximum Gasteiger partial charge on any atom is 0.241 e. The third-order valence-corrected chi connectivity index (χ3v) is 5.16. The minimum absolute atomic E-state index is 0.219. The zero-order chi connectivity index (χ0) is 17.0. The average molecular weight is 335 g/mol. The van der Waals surface area contributed by atoms with E-state index in [0.717, 1.165) is 16.9 Å². The minimum Gasteiger partial charge on any atom is -0.497 e. The number of nitrogens with one attached hydrogen (secondary N) is 1. The molecule has 6 heteroatoms. The lowest BCUT2D eigenvalue weighted by molar-refractivity contribution is 0.411. The van der Waals surface area contributed by atoms with Gasteiger partial charge in [-0.05, 0) is 55.3 Å². The van der Waals surface area contributed by atoms with E-state index in [2.05, 4.69) is 4.72 Å². The van der Waals surface area contributed by atoms with Crippen LogP contribution in [0.3, 0.4) is 0 Å². The van der Waals surface area contributed by atoms with Gasteiger partial charge in [-0.3, -0.25) is 0 Å². The Morgan fingerprint density at radius 1 is 1.00 bits per heavy atom. The van der Waals surface area contributed by atoms with E-state index in [4.69, 9.17) is 9.47 Å². The van der Waals surface area contributed by atoms with Crippen LogP contribution >= 0.6 is 0 Å². The molecule has 0 aliphatic rings. The summed E-state index contributed by atoms with van der Waals surface area (Å²) in [5.74, 6) is 1.39. The van der Waals surface area contributed by atoms with Gasteiger partial charge in [0, 0.05) is 6.04 Å². The van der Waals surface area contributed by atoms with Crippen molar-refractivity contribution in [2.24, 2.45) is 0 Å². The second-order valence-electron chi connectivity index (χ2n) is 5.25. The number of sulfonamides is 1. The van der Waals surface area contributed by atoms with E-state index in [-0.39, 0.29) is 10.9 Å². The maximum atomic E-state index is 12.5. The van der Waals surface area contributed by atoms with Gasteiger partial charge in [-0.2, -0.15) is 0 Å². The summed E-state index contributed by atoms with van der Waals surface area (Å²) in [4.78, 5) is 0.219. The number of rotatable bonds is 6. The van der Waals surface area contributed by atoms with Crippen molar-refractivity contribution >= 4 is 10.0 Å². The normalized spacial score (nSPS) is 12.7. The van der Waals surface area contributed by atoms with Crippen molar-refractivity contribution in [1.82, 2.24) is 4.72 Å². The van der Waals surface area contributed by atoms with Gasteiger partial charge in [0.15, 0.2) is 0 Å². The second-order valence-corrected chi connectivity index (χ2v) is 6.96. The highest BCUT2D eigenvalue weighted by Crippen LogP contribution is 2.23. The fourth-order valence-electron chi connectivity index (χ4n) is 2.28.